The normalized spacial score (nSPS) is 11.7. The van der Waals surface area contributed by atoms with Crippen LogP contribution >= 0.6 is 0 Å². The monoisotopic (exact) mass is 324 g/mol. The first-order valence-electron chi connectivity index (χ1n) is 7.00. The van der Waals surface area contributed by atoms with Crippen LogP contribution < -0.4 is 5.36 Å². The highest BCUT2D eigenvalue weighted by Crippen LogP contribution is 2.30. The third-order valence-electron chi connectivity index (χ3n) is 3.36. The Balaban J connectivity index is 2.36. The smallest absolute Gasteiger partial charge is 0.303 e. The zero-order valence-corrected chi connectivity index (χ0v) is 12.9. The first-order valence-corrected chi connectivity index (χ1v) is 7.00. The topological polar surface area (TPSA) is 133 Å². The Hall–Kier alpha value is -3.45. The molecule has 120 valence electrons. The van der Waals surface area contributed by atoms with Crippen molar-refractivity contribution in [3.63, 3.8) is 0 Å². The number of carbonyl (C=O) groups is 2. The van der Waals surface area contributed by atoms with Crippen LogP contribution in [0.1, 0.15) is 19.5 Å². The molecule has 0 saturated carbocycles. The van der Waals surface area contributed by atoms with Gasteiger partial charge in [-0.25, -0.2) is 4.99 Å². The minimum Gasteiger partial charge on any atom is -0.459 e. The van der Waals surface area contributed by atoms with E-state index in [9.17, 15) is 9.59 Å². The minimum absolute atomic E-state index is 0.0546. The molecule has 24 heavy (non-hydrogen) atoms. The Morgan fingerprint density at radius 1 is 1.38 bits per heavy atom. The number of rotatable bonds is 3. The summed E-state index contributed by atoms with van der Waals surface area (Å²) in [7, 11) is 0. The van der Waals surface area contributed by atoms with Gasteiger partial charge in [-0.3, -0.25) is 14.6 Å². The predicted molar refractivity (Wildman–Crippen MR) is 85.3 cm³/mol. The number of hydrogen-bond donors (Lipinski definition) is 1. The van der Waals surface area contributed by atoms with Crippen molar-refractivity contribution in [3.05, 3.63) is 39.8 Å². The fraction of sp³-hybridized carbons (Fsp3) is 0.200. The molecule has 0 atom stereocenters. The van der Waals surface area contributed by atoms with Crippen LogP contribution in [-0.2, 0) is 20.9 Å². The zero-order chi connectivity index (χ0) is 17.3. The molecule has 9 nitrogen and oxygen atoms in total. The lowest BCUT2D eigenvalue weighted by molar-refractivity contribution is -0.142. The number of carbonyl (C=O) groups excluding carboxylic acids is 2. The second-order valence-corrected chi connectivity index (χ2v) is 5.12. The first kappa shape index (κ1) is 15.4. The Kier molecular flexibility index (Phi) is 3.85. The zero-order valence-electron chi connectivity index (χ0n) is 12.9. The van der Waals surface area contributed by atoms with E-state index < -0.39 is 11.9 Å². The number of benzene rings is 1. The molecule has 1 aromatic carbocycles. The van der Waals surface area contributed by atoms with E-state index in [1.807, 2.05) is 0 Å². The number of H-pyrrole nitrogens is 1. The molecule has 3 aromatic rings. The molecule has 0 aliphatic carbocycles. The van der Waals surface area contributed by atoms with Gasteiger partial charge in [0.15, 0.2) is 0 Å². The number of nitrogens with one attached hydrogen (secondary N) is 1. The lowest BCUT2D eigenvalue weighted by atomic mass is 10.1. The third-order valence-corrected chi connectivity index (χ3v) is 3.36. The van der Waals surface area contributed by atoms with Gasteiger partial charge in [-0.1, -0.05) is 5.11 Å². The molecule has 2 heterocycles. The highest BCUT2D eigenvalue weighted by molar-refractivity contribution is 6.11. The quantitative estimate of drug-likeness (QED) is 0.343. The SMILES string of the molecule is CC(=O)N=c1cc(N=[N+]=[N-])c2ncc3cc(COC(C)=O)[nH]c1c32. The van der Waals surface area contributed by atoms with Crippen molar-refractivity contribution < 1.29 is 14.3 Å². The Morgan fingerprint density at radius 3 is 2.83 bits per heavy atom. The van der Waals surface area contributed by atoms with E-state index in [2.05, 4.69) is 25.0 Å². The van der Waals surface area contributed by atoms with Crippen molar-refractivity contribution >= 4 is 39.4 Å². The fourth-order valence-corrected chi connectivity index (χ4v) is 2.51. The molecule has 2 aromatic heterocycles. The van der Waals surface area contributed by atoms with Gasteiger partial charge in [0.25, 0.3) is 0 Å². The minimum atomic E-state index is -0.401. The van der Waals surface area contributed by atoms with Crippen LogP contribution in [0.3, 0.4) is 0 Å². The number of amides is 1. The average molecular weight is 324 g/mol. The molecule has 0 spiro atoms. The van der Waals surface area contributed by atoms with Crippen LogP contribution in [0.15, 0.2) is 28.4 Å². The first-order chi connectivity index (χ1) is 11.5. The predicted octanol–water partition coefficient (Wildman–Crippen LogP) is 2.61. The van der Waals surface area contributed by atoms with E-state index in [0.29, 0.717) is 33.2 Å². The van der Waals surface area contributed by atoms with Crippen molar-refractivity contribution in [1.82, 2.24) is 9.97 Å². The number of aromatic amines is 1. The summed E-state index contributed by atoms with van der Waals surface area (Å²) in [5.41, 5.74) is 10.7. The maximum atomic E-state index is 11.4. The van der Waals surface area contributed by atoms with Gasteiger partial charge in [0, 0.05) is 35.7 Å². The van der Waals surface area contributed by atoms with E-state index in [-0.39, 0.29) is 6.61 Å². The van der Waals surface area contributed by atoms with Crippen molar-refractivity contribution in [3.8, 4) is 0 Å². The molecule has 0 fully saturated rings. The van der Waals surface area contributed by atoms with E-state index in [1.54, 1.807) is 12.3 Å². The number of ether oxygens (including phenoxy) is 1. The van der Waals surface area contributed by atoms with E-state index in [1.165, 1.54) is 19.9 Å². The number of azide groups is 1. The summed E-state index contributed by atoms with van der Waals surface area (Å²) in [5.74, 6) is -0.793. The summed E-state index contributed by atoms with van der Waals surface area (Å²) in [6, 6.07) is 3.28. The lowest BCUT2D eigenvalue weighted by Gasteiger charge is -2.07. The number of hydrogen-bond acceptors (Lipinski definition) is 5. The van der Waals surface area contributed by atoms with Gasteiger partial charge in [-0.2, -0.15) is 0 Å². The molecule has 9 heteroatoms. The third kappa shape index (κ3) is 2.75. The van der Waals surface area contributed by atoms with Gasteiger partial charge < -0.3 is 9.72 Å². The molecule has 3 rings (SSSR count). The van der Waals surface area contributed by atoms with Crippen LogP contribution in [0, 0.1) is 0 Å². The summed E-state index contributed by atoms with van der Waals surface area (Å²) < 4.78 is 5.00. The second kappa shape index (κ2) is 5.98. The number of aromatic nitrogens is 2. The Bertz CT molecular complexity index is 1080. The molecule has 1 N–H and O–H groups in total. The van der Waals surface area contributed by atoms with Crippen molar-refractivity contribution in [2.45, 2.75) is 20.5 Å². The van der Waals surface area contributed by atoms with Gasteiger partial charge in [0.2, 0.25) is 5.91 Å². The molecule has 1 amide bonds. The van der Waals surface area contributed by atoms with Crippen LogP contribution in [0.4, 0.5) is 5.69 Å². The second-order valence-electron chi connectivity index (χ2n) is 5.12. The van der Waals surface area contributed by atoms with E-state index >= 15 is 0 Å². The molecule has 0 aliphatic rings. The van der Waals surface area contributed by atoms with Gasteiger partial charge >= 0.3 is 5.97 Å². The van der Waals surface area contributed by atoms with Crippen LogP contribution in [0.25, 0.3) is 32.2 Å². The summed E-state index contributed by atoms with van der Waals surface area (Å²) in [6.45, 7) is 2.70. The van der Waals surface area contributed by atoms with Gasteiger partial charge in [0.1, 0.15) is 6.61 Å². The van der Waals surface area contributed by atoms with Crippen molar-refractivity contribution in [2.24, 2.45) is 10.1 Å². The Labute approximate surface area is 135 Å². The molecule has 0 aliphatic heterocycles. The standard InChI is InChI=1S/C15H12N6O3/c1-7(22)18-11-4-12(20-21-16)14-13-9(5-17-14)3-10(19-15(11)13)6-24-8(2)23/h3-5,19H,6H2,1-2H3. The highest BCUT2D eigenvalue weighted by atomic mass is 16.5. The molecule has 0 unspecified atom stereocenters. The molecular formula is C15H12N6O3. The van der Waals surface area contributed by atoms with Crippen molar-refractivity contribution in [1.29, 1.82) is 0 Å². The molecule has 0 radical (unpaired) electrons. The highest BCUT2D eigenvalue weighted by Gasteiger charge is 2.14. The average Bonchev–Trinajstić information content (AvgIpc) is 2.94. The van der Waals surface area contributed by atoms with E-state index in [4.69, 9.17) is 10.3 Å². The van der Waals surface area contributed by atoms with Crippen LogP contribution in [0.5, 0.6) is 0 Å². The number of esters is 1. The van der Waals surface area contributed by atoms with Gasteiger partial charge in [0.05, 0.1) is 27.8 Å². The van der Waals surface area contributed by atoms with E-state index in [0.717, 1.165) is 5.39 Å². The van der Waals surface area contributed by atoms with Crippen LogP contribution in [-0.4, -0.2) is 21.8 Å². The summed E-state index contributed by atoms with van der Waals surface area (Å²) in [4.78, 5) is 36.6. The molecule has 0 bridgehead atoms. The van der Waals surface area contributed by atoms with Gasteiger partial charge in [-0.15, -0.1) is 0 Å². The maximum absolute atomic E-state index is 11.4. The fourth-order valence-electron chi connectivity index (χ4n) is 2.51. The maximum Gasteiger partial charge on any atom is 0.303 e. The Morgan fingerprint density at radius 2 is 2.17 bits per heavy atom. The molecule has 0 saturated heterocycles. The van der Waals surface area contributed by atoms with Crippen molar-refractivity contribution in [2.75, 3.05) is 0 Å². The lowest BCUT2D eigenvalue weighted by Crippen LogP contribution is -2.09. The number of pyridine rings is 1. The van der Waals surface area contributed by atoms with Gasteiger partial charge in [-0.05, 0) is 17.7 Å². The summed E-state index contributed by atoms with van der Waals surface area (Å²) >= 11 is 0. The summed E-state index contributed by atoms with van der Waals surface area (Å²) in [5, 5.41) is 5.42. The molecular weight excluding hydrogens is 312 g/mol. The van der Waals surface area contributed by atoms with Crippen LogP contribution in [0.2, 0.25) is 0 Å². The largest absolute Gasteiger partial charge is 0.459 e. The number of nitrogens with zero attached hydrogens (tertiary/aromatic N) is 5. The summed E-state index contributed by atoms with van der Waals surface area (Å²) in [6.07, 6.45) is 1.62.